The summed E-state index contributed by atoms with van der Waals surface area (Å²) >= 11 is 0. The number of pyridine rings is 1. The van der Waals surface area contributed by atoms with Crippen LogP contribution < -0.4 is 4.74 Å². The van der Waals surface area contributed by atoms with E-state index in [2.05, 4.69) is 21.9 Å². The van der Waals surface area contributed by atoms with Crippen LogP contribution in [0.15, 0.2) is 48.8 Å². The number of rotatable bonds is 5. The summed E-state index contributed by atoms with van der Waals surface area (Å²) in [6.45, 7) is 6.35. The van der Waals surface area contributed by atoms with Crippen molar-refractivity contribution in [3.63, 3.8) is 0 Å². The van der Waals surface area contributed by atoms with Crippen LogP contribution in [0.3, 0.4) is 0 Å². The van der Waals surface area contributed by atoms with Crippen LogP contribution in [0.5, 0.6) is 5.75 Å². The number of piperidine rings is 2. The average molecular weight is 447 g/mol. The molecule has 3 fully saturated rings. The molecule has 1 saturated carbocycles. The zero-order chi connectivity index (χ0) is 23.1. The zero-order valence-electron chi connectivity index (χ0n) is 19.0. The van der Waals surface area contributed by atoms with E-state index in [0.717, 1.165) is 24.1 Å². The number of nitrogens with zero attached hydrogens (tertiary/aromatic N) is 4. The van der Waals surface area contributed by atoms with Crippen LogP contribution in [0, 0.1) is 31.5 Å². The summed E-state index contributed by atoms with van der Waals surface area (Å²) in [6.07, 6.45) is 5.49. The topological polar surface area (TPSA) is 68.2 Å². The van der Waals surface area contributed by atoms with Gasteiger partial charge >= 0.3 is 0 Å². The van der Waals surface area contributed by atoms with E-state index in [1.807, 2.05) is 30.9 Å². The van der Waals surface area contributed by atoms with Gasteiger partial charge in [0.25, 0.3) is 5.91 Å². The molecule has 3 aliphatic rings. The smallest absolute Gasteiger partial charge is 0.273 e. The highest BCUT2D eigenvalue weighted by molar-refractivity contribution is 5.98. The lowest BCUT2D eigenvalue weighted by atomic mass is 9.64. The van der Waals surface area contributed by atoms with Crippen molar-refractivity contribution in [3.05, 3.63) is 71.6 Å². The maximum absolute atomic E-state index is 14.0. The van der Waals surface area contributed by atoms with Crippen LogP contribution in [0.2, 0.25) is 0 Å². The molecule has 2 saturated heterocycles. The van der Waals surface area contributed by atoms with Crippen molar-refractivity contribution >= 4 is 5.91 Å². The molecule has 1 aliphatic carbocycles. The molecule has 1 amide bonds. The molecule has 0 radical (unpaired) electrons. The van der Waals surface area contributed by atoms with Gasteiger partial charge in [-0.25, -0.2) is 19.3 Å². The van der Waals surface area contributed by atoms with Gasteiger partial charge < -0.3 is 9.64 Å². The van der Waals surface area contributed by atoms with Gasteiger partial charge in [-0.2, -0.15) is 0 Å². The number of carbonyl (C=O) groups excluding carboxylic acids is 1. The zero-order valence-corrected chi connectivity index (χ0v) is 19.0. The number of aryl methyl sites for hydroxylation is 2. The normalized spacial score (nSPS) is 23.7. The molecule has 0 N–H and O–H groups in total. The van der Waals surface area contributed by atoms with E-state index in [9.17, 15) is 9.18 Å². The number of halogens is 1. The molecule has 7 heteroatoms. The predicted octanol–water partition coefficient (Wildman–Crippen LogP) is 4.61. The highest BCUT2D eigenvalue weighted by atomic mass is 19.1. The van der Waals surface area contributed by atoms with Gasteiger partial charge in [0.1, 0.15) is 23.9 Å². The van der Waals surface area contributed by atoms with Crippen molar-refractivity contribution in [3.8, 4) is 17.1 Å². The van der Waals surface area contributed by atoms with Gasteiger partial charge in [-0.3, -0.25) is 4.79 Å². The van der Waals surface area contributed by atoms with Crippen LogP contribution in [0.25, 0.3) is 11.4 Å². The van der Waals surface area contributed by atoms with Crippen molar-refractivity contribution < 1.29 is 13.9 Å². The number of hydrogen-bond acceptors (Lipinski definition) is 5. The van der Waals surface area contributed by atoms with Crippen molar-refractivity contribution in [2.45, 2.75) is 45.7 Å². The SMILES string of the molecule is Cc1cnc(-c2ccc(C)nc2C(=O)N2C3CC(C3)C(C)C2COc2ccc(F)cc2)nc1. The Bertz CT molecular complexity index is 1160. The minimum atomic E-state index is -0.303. The van der Waals surface area contributed by atoms with Crippen molar-refractivity contribution in [2.24, 2.45) is 11.8 Å². The number of carbonyl (C=O) groups is 1. The van der Waals surface area contributed by atoms with Crippen molar-refractivity contribution in [1.82, 2.24) is 19.9 Å². The Morgan fingerprint density at radius 3 is 2.48 bits per heavy atom. The number of benzene rings is 1. The fourth-order valence-corrected chi connectivity index (χ4v) is 4.94. The Morgan fingerprint density at radius 1 is 1.09 bits per heavy atom. The second-order valence-electron chi connectivity index (χ2n) is 9.22. The molecule has 4 heterocycles. The van der Waals surface area contributed by atoms with Gasteiger partial charge in [-0.1, -0.05) is 6.92 Å². The molecular weight excluding hydrogens is 419 g/mol. The summed E-state index contributed by atoms with van der Waals surface area (Å²) < 4.78 is 19.3. The molecule has 3 aromatic rings. The first-order valence-electron chi connectivity index (χ1n) is 11.4. The minimum Gasteiger partial charge on any atom is -0.491 e. The Balaban J connectivity index is 1.46. The van der Waals surface area contributed by atoms with Gasteiger partial charge in [0.2, 0.25) is 0 Å². The quantitative estimate of drug-likeness (QED) is 0.572. The first-order valence-corrected chi connectivity index (χ1v) is 11.4. The van der Waals surface area contributed by atoms with Crippen LogP contribution >= 0.6 is 0 Å². The highest BCUT2D eigenvalue weighted by Gasteiger charge is 2.51. The predicted molar refractivity (Wildman–Crippen MR) is 122 cm³/mol. The molecule has 2 atom stereocenters. The van der Waals surface area contributed by atoms with E-state index < -0.39 is 0 Å². The number of aromatic nitrogens is 3. The van der Waals surface area contributed by atoms with Crippen LogP contribution in [0.1, 0.15) is 41.5 Å². The first kappa shape index (κ1) is 21.5. The molecule has 2 aromatic heterocycles. The standard InChI is InChI=1S/C26H27FN4O2/c1-15-12-28-25(29-13-15)22-9-4-16(2)30-24(22)26(32)31-20-10-18(11-20)17(3)23(31)14-33-21-7-5-19(27)6-8-21/h4-9,12-13,17-18,20,23H,10-11,14H2,1-3H3. The molecule has 33 heavy (non-hydrogen) atoms. The third-order valence-electron chi connectivity index (χ3n) is 6.98. The Hall–Kier alpha value is -3.35. The van der Waals surface area contributed by atoms with Crippen LogP contribution in [0.4, 0.5) is 4.39 Å². The largest absolute Gasteiger partial charge is 0.491 e. The number of fused-ring (bicyclic) bond motifs is 2. The first-order chi connectivity index (χ1) is 15.9. The fraction of sp³-hybridized carbons (Fsp3) is 0.385. The van der Waals surface area contributed by atoms with E-state index in [1.165, 1.54) is 12.1 Å². The molecule has 2 aliphatic heterocycles. The lowest BCUT2D eigenvalue weighted by molar-refractivity contribution is -0.0672. The van der Waals surface area contributed by atoms with E-state index >= 15 is 0 Å². The Morgan fingerprint density at radius 2 is 1.79 bits per heavy atom. The van der Waals surface area contributed by atoms with E-state index in [4.69, 9.17) is 4.74 Å². The Labute approximate surface area is 192 Å². The van der Waals surface area contributed by atoms with Gasteiger partial charge in [0, 0.05) is 24.1 Å². The third kappa shape index (κ3) is 4.08. The molecular formula is C26H27FN4O2. The van der Waals surface area contributed by atoms with E-state index in [-0.39, 0.29) is 23.8 Å². The maximum atomic E-state index is 14.0. The number of hydrogen-bond donors (Lipinski definition) is 0. The van der Waals surface area contributed by atoms with E-state index in [0.29, 0.717) is 41.3 Å². The van der Waals surface area contributed by atoms with Crippen molar-refractivity contribution in [1.29, 1.82) is 0 Å². The van der Waals surface area contributed by atoms with Gasteiger partial charge in [0.15, 0.2) is 5.82 Å². The molecule has 170 valence electrons. The average Bonchev–Trinajstić information content (AvgIpc) is 2.78. The van der Waals surface area contributed by atoms with Crippen LogP contribution in [-0.4, -0.2) is 44.4 Å². The van der Waals surface area contributed by atoms with Crippen molar-refractivity contribution in [2.75, 3.05) is 6.61 Å². The minimum absolute atomic E-state index is 0.0887. The summed E-state index contributed by atoms with van der Waals surface area (Å²) in [4.78, 5) is 29.4. The summed E-state index contributed by atoms with van der Waals surface area (Å²) in [5, 5.41) is 0. The molecule has 2 unspecified atom stereocenters. The molecule has 0 spiro atoms. The number of ether oxygens (including phenoxy) is 1. The summed E-state index contributed by atoms with van der Waals surface area (Å²) in [6, 6.07) is 9.83. The summed E-state index contributed by atoms with van der Waals surface area (Å²) in [5.74, 6) is 1.56. The summed E-state index contributed by atoms with van der Waals surface area (Å²) in [7, 11) is 0. The highest BCUT2D eigenvalue weighted by Crippen LogP contribution is 2.47. The molecule has 2 bridgehead atoms. The van der Waals surface area contributed by atoms with E-state index in [1.54, 1.807) is 24.5 Å². The molecule has 1 aromatic carbocycles. The van der Waals surface area contributed by atoms with Gasteiger partial charge in [-0.05, 0) is 80.5 Å². The third-order valence-corrected chi connectivity index (χ3v) is 6.98. The Kier molecular flexibility index (Phi) is 5.56. The summed E-state index contributed by atoms with van der Waals surface area (Å²) in [5.41, 5.74) is 2.74. The molecule has 6 nitrogen and oxygen atoms in total. The molecule has 6 rings (SSSR count). The second kappa shape index (κ2) is 8.54. The lowest BCUT2D eigenvalue weighted by Crippen LogP contribution is -2.64. The fourth-order valence-electron chi connectivity index (χ4n) is 4.94. The lowest BCUT2D eigenvalue weighted by Gasteiger charge is -2.57. The maximum Gasteiger partial charge on any atom is 0.273 e. The van der Waals surface area contributed by atoms with Gasteiger partial charge in [0.05, 0.1) is 11.6 Å². The number of amides is 1. The van der Waals surface area contributed by atoms with Gasteiger partial charge in [-0.15, -0.1) is 0 Å². The van der Waals surface area contributed by atoms with Crippen LogP contribution in [-0.2, 0) is 0 Å². The monoisotopic (exact) mass is 446 g/mol. The second-order valence-corrected chi connectivity index (χ2v) is 9.22.